The predicted molar refractivity (Wildman–Crippen MR) is 209 cm³/mol. The summed E-state index contributed by atoms with van der Waals surface area (Å²) < 4.78 is 86.5. The van der Waals surface area contributed by atoms with Gasteiger partial charge in [0.2, 0.25) is 33.3 Å². The minimum atomic E-state index is -4.92. The van der Waals surface area contributed by atoms with Crippen molar-refractivity contribution in [2.75, 3.05) is 6.54 Å². The van der Waals surface area contributed by atoms with Crippen molar-refractivity contribution in [3.63, 3.8) is 0 Å². The summed E-state index contributed by atoms with van der Waals surface area (Å²) in [6, 6.07) is 2.36. The van der Waals surface area contributed by atoms with Gasteiger partial charge in [0, 0.05) is 23.1 Å². The highest BCUT2D eigenvalue weighted by Crippen LogP contribution is 2.46. The van der Waals surface area contributed by atoms with E-state index < -0.39 is 86.4 Å². The number of alkyl carbamates (subject to hydrolysis) is 1. The van der Waals surface area contributed by atoms with Gasteiger partial charge < -0.3 is 29.7 Å². The number of pyridine rings is 1. The van der Waals surface area contributed by atoms with Gasteiger partial charge in [-0.15, -0.1) is 0 Å². The van der Waals surface area contributed by atoms with Crippen molar-refractivity contribution in [2.45, 2.75) is 132 Å². The molecule has 1 saturated heterocycles. The summed E-state index contributed by atoms with van der Waals surface area (Å²) in [5.74, 6) is -3.11. The van der Waals surface area contributed by atoms with Crippen molar-refractivity contribution in [1.29, 1.82) is 0 Å². The number of fused-ring (bicyclic) bond motifs is 3. The van der Waals surface area contributed by atoms with E-state index in [9.17, 15) is 40.8 Å². The Bertz CT molecular complexity index is 2150. The molecule has 7 atom stereocenters. The maximum absolute atomic E-state index is 14.8. The zero-order valence-corrected chi connectivity index (χ0v) is 34.7. The highest BCUT2D eigenvalue weighted by atomic mass is 35.5. The molecule has 5 aliphatic rings. The molecule has 0 bridgehead atoms. The molecule has 7 rings (SSSR count). The number of nitrogens with zero attached hydrogens (tertiary/aromatic N) is 2. The molecular weight excluding hydrogens is 819 g/mol. The van der Waals surface area contributed by atoms with Crippen LogP contribution >= 0.6 is 11.6 Å². The van der Waals surface area contributed by atoms with Gasteiger partial charge in [-0.05, 0) is 89.2 Å². The molecule has 322 valence electrons. The van der Waals surface area contributed by atoms with E-state index in [1.54, 1.807) is 31.2 Å². The summed E-state index contributed by atoms with van der Waals surface area (Å²) >= 11 is 6.63. The first-order chi connectivity index (χ1) is 27.7. The number of halogens is 4. The first-order valence-corrected chi connectivity index (χ1v) is 21.9. The summed E-state index contributed by atoms with van der Waals surface area (Å²) in [5, 5.41) is 5.91. The normalized spacial score (nSPS) is 29.9. The molecule has 19 heteroatoms. The number of allylic oxidation sites excluding steroid dienone is 1. The van der Waals surface area contributed by atoms with Crippen LogP contribution in [0.3, 0.4) is 0 Å². The van der Waals surface area contributed by atoms with Crippen molar-refractivity contribution >= 4 is 56.2 Å². The predicted octanol–water partition coefficient (Wildman–Crippen LogP) is 5.71. The molecule has 3 saturated carbocycles. The van der Waals surface area contributed by atoms with Crippen molar-refractivity contribution in [3.8, 4) is 11.6 Å². The van der Waals surface area contributed by atoms with E-state index in [-0.39, 0.29) is 37.3 Å². The molecule has 2 aromatic rings. The van der Waals surface area contributed by atoms with Crippen LogP contribution in [-0.2, 0) is 29.1 Å². The summed E-state index contributed by atoms with van der Waals surface area (Å²) in [4.78, 5) is 62.0. The Morgan fingerprint density at radius 3 is 2.44 bits per heavy atom. The fourth-order valence-electron chi connectivity index (χ4n) is 7.85. The topological polar surface area (TPSA) is 182 Å². The molecule has 2 aliphatic heterocycles. The third-order valence-electron chi connectivity index (χ3n) is 11.8. The van der Waals surface area contributed by atoms with Gasteiger partial charge in [0.25, 0.3) is 5.91 Å². The third-order valence-corrected chi connectivity index (χ3v) is 13.9. The highest BCUT2D eigenvalue weighted by molar-refractivity contribution is 7.91. The van der Waals surface area contributed by atoms with Crippen LogP contribution in [0.25, 0.3) is 10.8 Å². The highest BCUT2D eigenvalue weighted by Gasteiger charge is 2.62. The molecule has 4 amide bonds. The summed E-state index contributed by atoms with van der Waals surface area (Å²) in [6.07, 6.45) is 1.94. The monoisotopic (exact) mass is 867 g/mol. The number of alkyl halides is 3. The first kappa shape index (κ1) is 42.8. The van der Waals surface area contributed by atoms with Crippen molar-refractivity contribution in [3.05, 3.63) is 41.6 Å². The second kappa shape index (κ2) is 15.9. The van der Waals surface area contributed by atoms with Gasteiger partial charge in [-0.1, -0.05) is 43.7 Å². The third kappa shape index (κ3) is 9.22. The maximum Gasteiger partial charge on any atom is 0.427 e. The molecule has 1 aromatic carbocycles. The Hall–Kier alpha value is -4.32. The van der Waals surface area contributed by atoms with E-state index in [0.717, 1.165) is 12.8 Å². The fourth-order valence-corrected chi connectivity index (χ4v) is 9.49. The van der Waals surface area contributed by atoms with E-state index in [1.807, 2.05) is 13.0 Å². The summed E-state index contributed by atoms with van der Waals surface area (Å²) in [6.45, 7) is 4.76. The lowest BCUT2D eigenvalue weighted by Crippen LogP contribution is -2.59. The van der Waals surface area contributed by atoms with Crippen LogP contribution in [0.2, 0.25) is 5.02 Å². The van der Waals surface area contributed by atoms with Crippen LogP contribution in [0.1, 0.15) is 85.5 Å². The summed E-state index contributed by atoms with van der Waals surface area (Å²) in [7, 11) is -3.99. The number of hydrogen-bond donors (Lipinski definition) is 3. The molecular formula is C40H49ClF3N5O9S. The molecule has 3 aliphatic carbocycles. The van der Waals surface area contributed by atoms with Crippen LogP contribution in [0.4, 0.5) is 18.0 Å². The first-order valence-electron chi connectivity index (χ1n) is 20.0. The van der Waals surface area contributed by atoms with Crippen molar-refractivity contribution in [1.82, 2.24) is 25.2 Å². The molecule has 3 heterocycles. The lowest BCUT2D eigenvalue weighted by molar-refractivity contribution is -0.244. The van der Waals surface area contributed by atoms with Gasteiger partial charge in [0.05, 0.1) is 29.1 Å². The number of amides is 4. The largest absolute Gasteiger partial charge is 0.488 e. The average molecular weight is 868 g/mol. The number of rotatable bonds is 9. The van der Waals surface area contributed by atoms with Crippen molar-refractivity contribution in [2.24, 2.45) is 17.8 Å². The molecule has 0 radical (unpaired) electrons. The molecule has 3 N–H and O–H groups in total. The Balaban J connectivity index is 1.23. The number of carbonyl (C=O) groups is 4. The number of ether oxygens (including phenoxy) is 3. The van der Waals surface area contributed by atoms with Crippen LogP contribution in [0, 0.1) is 17.8 Å². The lowest BCUT2D eigenvalue weighted by Gasteiger charge is -2.34. The quantitative estimate of drug-likeness (QED) is 0.264. The van der Waals surface area contributed by atoms with E-state index >= 15 is 0 Å². The van der Waals surface area contributed by atoms with E-state index in [0.29, 0.717) is 67.5 Å². The zero-order valence-electron chi connectivity index (χ0n) is 33.1. The molecule has 0 spiro atoms. The van der Waals surface area contributed by atoms with E-state index in [2.05, 4.69) is 20.3 Å². The SMILES string of the molecule is C[C@H]1CC/C=C\[C@@H]2C[C@@]2(C(=O)NS(=O)(=O)C2CC2)NC(=O)[C@@H]2C[C@@H](Oc3ncc(OC4CC4)c4c(Cl)cccc34)CN2C(=O)[C@@H](NC(=O)OC(C)(C)C(F)(F)F)[C@H](C)C1. The molecule has 59 heavy (non-hydrogen) atoms. The fraction of sp³-hybridized carbons (Fsp3) is 0.625. The van der Waals surface area contributed by atoms with Gasteiger partial charge in [0.15, 0.2) is 0 Å². The number of aromatic nitrogens is 1. The molecule has 0 unspecified atom stereocenters. The minimum Gasteiger partial charge on any atom is -0.488 e. The minimum absolute atomic E-state index is 0.0372. The average Bonchev–Trinajstić information content (AvgIpc) is 4.05. The van der Waals surface area contributed by atoms with Gasteiger partial charge in [0.1, 0.15) is 29.5 Å². The second-order valence-corrected chi connectivity index (χ2v) is 19.5. The lowest BCUT2D eigenvalue weighted by atomic mass is 9.88. The van der Waals surface area contributed by atoms with Gasteiger partial charge in [-0.3, -0.25) is 19.1 Å². The van der Waals surface area contributed by atoms with Crippen LogP contribution in [0.5, 0.6) is 11.6 Å². The number of hydrogen-bond acceptors (Lipinski definition) is 10. The van der Waals surface area contributed by atoms with E-state index in [1.165, 1.54) is 11.1 Å². The number of nitrogens with one attached hydrogen (secondary N) is 3. The summed E-state index contributed by atoms with van der Waals surface area (Å²) in [5.41, 5.74) is -4.53. The molecule has 4 fully saturated rings. The van der Waals surface area contributed by atoms with Crippen molar-refractivity contribution < 1.29 is 55.0 Å². The molecule has 14 nitrogen and oxygen atoms in total. The standard InChI is InChI=1S/C40H49ClF3N5O9S/c1-21-8-5-6-9-23-18-39(23,36(52)48-59(54,55)26-14-15-26)47-33(50)29-17-25(57-34-27-10-7-11-28(41)31(27)30(19-45-34)56-24-12-13-24)20-49(29)35(51)32(22(2)16-21)46-37(53)58-38(3,4)40(42,43)44/h6-7,9-11,19,21-26,29,32H,5,8,12-18,20H2,1-4H3,(H,46,53)(H,47,50)(H,48,52)/b9-6-/t21-,22+,23+,25+,29-,32-,39+/m0/s1. The smallest absolute Gasteiger partial charge is 0.427 e. The number of benzene rings is 1. The number of carbonyl (C=O) groups excluding carboxylic acids is 4. The Morgan fingerprint density at radius 1 is 1.03 bits per heavy atom. The van der Waals surface area contributed by atoms with Gasteiger partial charge in [-0.2, -0.15) is 13.2 Å². The maximum atomic E-state index is 14.8. The van der Waals surface area contributed by atoms with Crippen LogP contribution in [-0.4, -0.2) is 95.5 Å². The van der Waals surface area contributed by atoms with Gasteiger partial charge in [-0.25, -0.2) is 18.2 Å². The van der Waals surface area contributed by atoms with Crippen LogP contribution in [0.15, 0.2) is 36.5 Å². The van der Waals surface area contributed by atoms with E-state index in [4.69, 9.17) is 25.8 Å². The van der Waals surface area contributed by atoms with Crippen LogP contribution < -0.4 is 24.8 Å². The number of sulfonamides is 1. The zero-order chi connectivity index (χ0) is 42.7. The Kier molecular flexibility index (Phi) is 11.6. The molecule has 1 aromatic heterocycles. The second-order valence-electron chi connectivity index (χ2n) is 17.2. The Morgan fingerprint density at radius 2 is 1.76 bits per heavy atom. The van der Waals surface area contributed by atoms with Gasteiger partial charge >= 0.3 is 12.3 Å². The Labute approximate surface area is 345 Å².